The Kier molecular flexibility index (Phi) is 4.26. The molecule has 106 valence electrons. The predicted octanol–water partition coefficient (Wildman–Crippen LogP) is 1.79. The van der Waals surface area contributed by atoms with Crippen LogP contribution >= 0.6 is 0 Å². The first-order chi connectivity index (χ1) is 9.58. The summed E-state index contributed by atoms with van der Waals surface area (Å²) < 4.78 is 5.33. The van der Waals surface area contributed by atoms with Crippen LogP contribution in [-0.4, -0.2) is 36.9 Å². The molecule has 2 atom stereocenters. The van der Waals surface area contributed by atoms with Crippen molar-refractivity contribution in [1.29, 1.82) is 5.26 Å². The van der Waals surface area contributed by atoms with E-state index in [1.54, 1.807) is 6.07 Å². The van der Waals surface area contributed by atoms with Crippen molar-refractivity contribution in [1.82, 2.24) is 0 Å². The van der Waals surface area contributed by atoms with Crippen molar-refractivity contribution >= 4 is 11.7 Å². The topological polar surface area (TPSA) is 73.6 Å². The van der Waals surface area contributed by atoms with Crippen LogP contribution in [0.1, 0.15) is 18.1 Å². The fraction of sp³-hybridized carbons (Fsp3) is 0.467. The van der Waals surface area contributed by atoms with Crippen LogP contribution in [0.2, 0.25) is 0 Å². The smallest absolute Gasteiger partial charge is 0.311 e. The van der Waals surface area contributed by atoms with E-state index < -0.39 is 11.9 Å². The number of aliphatic carboxylic acids is 1. The normalized spacial score (nSPS) is 21.4. The third kappa shape index (κ3) is 2.61. The van der Waals surface area contributed by atoms with Crippen molar-refractivity contribution in [3.63, 3.8) is 0 Å². The van der Waals surface area contributed by atoms with Gasteiger partial charge < -0.3 is 14.7 Å². The fourth-order valence-corrected chi connectivity index (χ4v) is 2.64. The van der Waals surface area contributed by atoms with E-state index in [1.807, 2.05) is 30.9 Å². The molecule has 1 N–H and O–H groups in total. The van der Waals surface area contributed by atoms with Gasteiger partial charge in [-0.3, -0.25) is 4.79 Å². The molecule has 1 fully saturated rings. The average molecular weight is 274 g/mol. The lowest BCUT2D eigenvalue weighted by atomic mass is 10.00. The highest BCUT2D eigenvalue weighted by molar-refractivity contribution is 5.73. The zero-order valence-corrected chi connectivity index (χ0v) is 11.7. The van der Waals surface area contributed by atoms with Crippen molar-refractivity contribution < 1.29 is 14.6 Å². The van der Waals surface area contributed by atoms with Crippen LogP contribution in [0.5, 0.6) is 0 Å². The maximum absolute atomic E-state index is 11.3. The number of benzene rings is 1. The number of nitrogens with zero attached hydrogens (tertiary/aromatic N) is 2. The minimum atomic E-state index is -0.850. The van der Waals surface area contributed by atoms with Crippen molar-refractivity contribution in [3.05, 3.63) is 29.3 Å². The van der Waals surface area contributed by atoms with E-state index in [0.29, 0.717) is 18.7 Å². The zero-order chi connectivity index (χ0) is 14.7. The molecule has 0 aliphatic carbocycles. The van der Waals surface area contributed by atoms with Crippen LogP contribution < -0.4 is 4.90 Å². The van der Waals surface area contributed by atoms with Gasteiger partial charge in [0, 0.05) is 6.54 Å². The monoisotopic (exact) mass is 274 g/mol. The molecular formula is C15H18N2O3. The number of hydrogen-bond donors (Lipinski definition) is 1. The number of anilines is 1. The van der Waals surface area contributed by atoms with Crippen molar-refractivity contribution in [2.45, 2.75) is 19.9 Å². The number of aryl methyl sites for hydroxylation is 1. The summed E-state index contributed by atoms with van der Waals surface area (Å²) in [6.07, 6.45) is 0. The summed E-state index contributed by atoms with van der Waals surface area (Å²) in [6.45, 7) is 5.16. The fourth-order valence-electron chi connectivity index (χ4n) is 2.64. The van der Waals surface area contributed by atoms with Crippen LogP contribution in [0.15, 0.2) is 18.2 Å². The van der Waals surface area contributed by atoms with Gasteiger partial charge in [0.2, 0.25) is 0 Å². The van der Waals surface area contributed by atoms with Gasteiger partial charge >= 0.3 is 5.97 Å². The summed E-state index contributed by atoms with van der Waals surface area (Å²) in [5, 5.41) is 18.5. The SMILES string of the molecule is CCN(c1cc(C)ccc1C#N)C1COCC1C(=O)O. The van der Waals surface area contributed by atoms with Crippen molar-refractivity contribution in [3.8, 4) is 6.07 Å². The van der Waals surface area contributed by atoms with Gasteiger partial charge in [-0.25, -0.2) is 0 Å². The van der Waals surface area contributed by atoms with E-state index in [9.17, 15) is 15.2 Å². The van der Waals surface area contributed by atoms with E-state index in [-0.39, 0.29) is 12.6 Å². The number of carbonyl (C=O) groups is 1. The molecule has 0 aromatic heterocycles. The van der Waals surface area contributed by atoms with Crippen LogP contribution in [-0.2, 0) is 9.53 Å². The molecule has 0 radical (unpaired) electrons. The number of hydrogen-bond acceptors (Lipinski definition) is 4. The molecular weight excluding hydrogens is 256 g/mol. The highest BCUT2D eigenvalue weighted by atomic mass is 16.5. The second kappa shape index (κ2) is 5.93. The van der Waals surface area contributed by atoms with Gasteiger partial charge in [0.1, 0.15) is 12.0 Å². The summed E-state index contributed by atoms with van der Waals surface area (Å²) in [4.78, 5) is 13.3. The molecule has 0 amide bonds. The molecule has 1 heterocycles. The molecule has 0 bridgehead atoms. The maximum Gasteiger partial charge on any atom is 0.311 e. The Morgan fingerprint density at radius 1 is 1.55 bits per heavy atom. The van der Waals surface area contributed by atoms with Crippen LogP contribution in [0.4, 0.5) is 5.69 Å². The van der Waals surface area contributed by atoms with E-state index >= 15 is 0 Å². The molecule has 1 aliphatic rings. The molecule has 1 aliphatic heterocycles. The van der Waals surface area contributed by atoms with E-state index in [4.69, 9.17) is 4.74 Å². The van der Waals surface area contributed by atoms with Gasteiger partial charge in [-0.2, -0.15) is 5.26 Å². The number of carboxylic acids is 1. The molecule has 1 aromatic rings. The third-order valence-corrected chi connectivity index (χ3v) is 3.69. The Morgan fingerprint density at radius 3 is 2.90 bits per heavy atom. The first-order valence-electron chi connectivity index (χ1n) is 6.66. The Balaban J connectivity index is 2.40. The lowest BCUT2D eigenvalue weighted by molar-refractivity contribution is -0.141. The van der Waals surface area contributed by atoms with Gasteiger partial charge in [0.25, 0.3) is 0 Å². The molecule has 1 aromatic carbocycles. The number of likely N-dealkylation sites (N-methyl/N-ethyl adjacent to an activating group) is 1. The van der Waals surface area contributed by atoms with Crippen LogP contribution in [0.25, 0.3) is 0 Å². The Bertz CT molecular complexity index is 551. The highest BCUT2D eigenvalue weighted by Gasteiger charge is 2.38. The van der Waals surface area contributed by atoms with Crippen LogP contribution in [0.3, 0.4) is 0 Å². The highest BCUT2D eigenvalue weighted by Crippen LogP contribution is 2.29. The van der Waals surface area contributed by atoms with Gasteiger partial charge in [-0.05, 0) is 31.5 Å². The van der Waals surface area contributed by atoms with Gasteiger partial charge in [0.15, 0.2) is 0 Å². The molecule has 0 spiro atoms. The molecule has 20 heavy (non-hydrogen) atoms. The number of rotatable bonds is 4. The summed E-state index contributed by atoms with van der Waals surface area (Å²) in [6, 6.07) is 7.54. The molecule has 2 rings (SSSR count). The quantitative estimate of drug-likeness (QED) is 0.906. The van der Waals surface area contributed by atoms with Gasteiger partial charge in [-0.15, -0.1) is 0 Å². The summed E-state index contributed by atoms with van der Waals surface area (Å²) >= 11 is 0. The average Bonchev–Trinajstić information content (AvgIpc) is 2.89. The Labute approximate surface area is 118 Å². The van der Waals surface area contributed by atoms with Crippen molar-refractivity contribution in [2.75, 3.05) is 24.7 Å². The van der Waals surface area contributed by atoms with E-state index in [1.165, 1.54) is 0 Å². The van der Waals surface area contributed by atoms with E-state index in [2.05, 4.69) is 6.07 Å². The third-order valence-electron chi connectivity index (χ3n) is 3.69. The summed E-state index contributed by atoms with van der Waals surface area (Å²) in [5.41, 5.74) is 2.40. The van der Waals surface area contributed by atoms with Gasteiger partial charge in [0.05, 0.1) is 30.5 Å². The molecule has 1 saturated heterocycles. The predicted molar refractivity (Wildman–Crippen MR) is 74.6 cm³/mol. The summed E-state index contributed by atoms with van der Waals surface area (Å²) in [7, 11) is 0. The molecule has 2 unspecified atom stereocenters. The van der Waals surface area contributed by atoms with Crippen molar-refractivity contribution in [2.24, 2.45) is 5.92 Å². The zero-order valence-electron chi connectivity index (χ0n) is 11.7. The molecule has 5 heteroatoms. The van der Waals surface area contributed by atoms with E-state index in [0.717, 1.165) is 11.3 Å². The molecule has 5 nitrogen and oxygen atoms in total. The minimum absolute atomic E-state index is 0.226. The Hall–Kier alpha value is -2.06. The van der Waals surface area contributed by atoms with Crippen LogP contribution in [0, 0.1) is 24.2 Å². The minimum Gasteiger partial charge on any atom is -0.481 e. The first kappa shape index (κ1) is 14.4. The second-order valence-electron chi connectivity index (χ2n) is 4.97. The lowest BCUT2D eigenvalue weighted by Crippen LogP contribution is -2.43. The maximum atomic E-state index is 11.3. The standard InChI is InChI=1S/C15H18N2O3/c1-3-17(14-9-20-8-12(14)15(18)19)13-6-10(2)4-5-11(13)7-16/h4-6,12,14H,3,8-9H2,1-2H3,(H,18,19). The van der Waals surface area contributed by atoms with Gasteiger partial charge in [-0.1, -0.05) is 6.07 Å². The first-order valence-corrected chi connectivity index (χ1v) is 6.66. The second-order valence-corrected chi connectivity index (χ2v) is 4.97. The largest absolute Gasteiger partial charge is 0.481 e. The number of nitriles is 1. The Morgan fingerprint density at radius 2 is 2.30 bits per heavy atom. The lowest BCUT2D eigenvalue weighted by Gasteiger charge is -2.32. The molecule has 0 saturated carbocycles. The number of ether oxygens (including phenoxy) is 1. The summed E-state index contributed by atoms with van der Waals surface area (Å²) in [5.74, 6) is -1.40. The number of carboxylic acid groups (broad SMARTS) is 1.